The molecule has 2 aromatic rings. The topological polar surface area (TPSA) is 69.7 Å². The molecule has 0 radical (unpaired) electrons. The molecule has 1 aliphatic heterocycles. The summed E-state index contributed by atoms with van der Waals surface area (Å²) in [5.74, 6) is -0.0462. The Morgan fingerprint density at radius 2 is 1.66 bits per heavy atom. The van der Waals surface area contributed by atoms with Gasteiger partial charge in [0, 0.05) is 26.2 Å². The van der Waals surface area contributed by atoms with Gasteiger partial charge in [-0.1, -0.05) is 36.4 Å². The molecule has 1 N–H and O–H groups in total. The minimum Gasteiger partial charge on any atom is -0.348 e. The highest BCUT2D eigenvalue weighted by Gasteiger charge is 2.29. The van der Waals surface area contributed by atoms with E-state index in [-0.39, 0.29) is 18.5 Å². The fourth-order valence-corrected chi connectivity index (χ4v) is 4.92. The van der Waals surface area contributed by atoms with E-state index in [2.05, 4.69) is 31.3 Å². The van der Waals surface area contributed by atoms with Crippen LogP contribution in [0.4, 0.5) is 0 Å². The maximum absolute atomic E-state index is 12.7. The van der Waals surface area contributed by atoms with Crippen LogP contribution in [0, 0.1) is 13.8 Å². The molecule has 2 aromatic carbocycles. The number of hydrogen-bond donors (Lipinski definition) is 1. The minimum absolute atomic E-state index is 0.0462. The first-order valence-corrected chi connectivity index (χ1v) is 11.4. The first kappa shape index (κ1) is 21.5. The van der Waals surface area contributed by atoms with Gasteiger partial charge >= 0.3 is 0 Å². The summed E-state index contributed by atoms with van der Waals surface area (Å²) in [7, 11) is -3.47. The Morgan fingerprint density at radius 3 is 2.28 bits per heavy atom. The Bertz CT molecular complexity index is 953. The Balaban J connectivity index is 1.51. The van der Waals surface area contributed by atoms with E-state index < -0.39 is 10.0 Å². The number of aryl methyl sites for hydroxylation is 2. The molecular formula is C22H29N3O3S. The van der Waals surface area contributed by atoms with Crippen LogP contribution >= 0.6 is 0 Å². The molecule has 6 nitrogen and oxygen atoms in total. The SMILES string of the molecule is Cc1ccc(C(C)NC(=O)CN2CCN(S(=O)(=O)c3ccccc3)CC2)cc1C. The van der Waals surface area contributed by atoms with Crippen LogP contribution in [0.2, 0.25) is 0 Å². The van der Waals surface area contributed by atoms with E-state index in [9.17, 15) is 13.2 Å². The van der Waals surface area contributed by atoms with Crippen LogP contribution in [0.1, 0.15) is 29.7 Å². The number of piperazine rings is 1. The molecule has 1 fully saturated rings. The zero-order valence-corrected chi connectivity index (χ0v) is 18.1. The molecule has 0 spiro atoms. The minimum atomic E-state index is -3.47. The van der Waals surface area contributed by atoms with E-state index in [4.69, 9.17) is 0 Å². The normalized spacial score (nSPS) is 17.1. The molecule has 1 amide bonds. The molecule has 0 aliphatic carbocycles. The van der Waals surface area contributed by atoms with Gasteiger partial charge in [-0.15, -0.1) is 0 Å². The highest BCUT2D eigenvalue weighted by molar-refractivity contribution is 7.89. The van der Waals surface area contributed by atoms with Gasteiger partial charge in [0.15, 0.2) is 0 Å². The Hall–Kier alpha value is -2.22. The van der Waals surface area contributed by atoms with Gasteiger partial charge in [0.2, 0.25) is 15.9 Å². The van der Waals surface area contributed by atoms with Crippen molar-refractivity contribution in [3.63, 3.8) is 0 Å². The van der Waals surface area contributed by atoms with Crippen molar-refractivity contribution in [2.75, 3.05) is 32.7 Å². The Labute approximate surface area is 173 Å². The van der Waals surface area contributed by atoms with Crippen LogP contribution in [0.15, 0.2) is 53.4 Å². The summed E-state index contributed by atoms with van der Waals surface area (Å²) in [6.07, 6.45) is 0. The Morgan fingerprint density at radius 1 is 1.00 bits per heavy atom. The summed E-state index contributed by atoms with van der Waals surface area (Å²) in [4.78, 5) is 14.8. The van der Waals surface area contributed by atoms with Gasteiger partial charge in [-0.25, -0.2) is 8.42 Å². The van der Waals surface area contributed by atoms with Gasteiger partial charge in [0.05, 0.1) is 17.5 Å². The second-order valence-corrected chi connectivity index (χ2v) is 9.56. The van der Waals surface area contributed by atoms with Crippen molar-refractivity contribution in [2.45, 2.75) is 31.7 Å². The molecule has 3 rings (SSSR count). The van der Waals surface area contributed by atoms with E-state index in [1.54, 1.807) is 30.3 Å². The molecule has 0 aromatic heterocycles. The largest absolute Gasteiger partial charge is 0.348 e. The summed E-state index contributed by atoms with van der Waals surface area (Å²) in [5, 5.41) is 3.04. The average molecular weight is 416 g/mol. The van der Waals surface area contributed by atoms with Gasteiger partial charge in [0.1, 0.15) is 0 Å². The summed E-state index contributed by atoms with van der Waals surface area (Å²) in [5.41, 5.74) is 3.52. The lowest BCUT2D eigenvalue weighted by atomic mass is 10.0. The fraction of sp³-hybridized carbons (Fsp3) is 0.409. The third kappa shape index (κ3) is 5.23. The maximum atomic E-state index is 12.7. The summed E-state index contributed by atoms with van der Waals surface area (Å²) in [6, 6.07) is 14.6. The predicted octanol–water partition coefficient (Wildman–Crippen LogP) is 2.49. The lowest BCUT2D eigenvalue weighted by Crippen LogP contribution is -2.51. The van der Waals surface area contributed by atoms with E-state index >= 15 is 0 Å². The smallest absolute Gasteiger partial charge is 0.243 e. The number of nitrogens with zero attached hydrogens (tertiary/aromatic N) is 2. The summed E-state index contributed by atoms with van der Waals surface area (Å²) in [6.45, 7) is 8.24. The van der Waals surface area contributed by atoms with Crippen molar-refractivity contribution in [3.8, 4) is 0 Å². The number of sulfonamides is 1. The number of rotatable bonds is 6. The lowest BCUT2D eigenvalue weighted by molar-refractivity contribution is -0.123. The summed E-state index contributed by atoms with van der Waals surface area (Å²) < 4.78 is 26.9. The van der Waals surface area contributed by atoms with Crippen molar-refractivity contribution in [2.24, 2.45) is 0 Å². The third-order valence-electron chi connectivity index (χ3n) is 5.49. The lowest BCUT2D eigenvalue weighted by Gasteiger charge is -2.33. The standard InChI is InChI=1S/C22H29N3O3S/c1-17-9-10-20(15-18(17)2)19(3)23-22(26)16-24-11-13-25(14-12-24)29(27,28)21-7-5-4-6-8-21/h4-10,15,19H,11-14,16H2,1-3H3,(H,23,26). The van der Waals surface area contributed by atoms with Crippen LogP contribution in [0.25, 0.3) is 0 Å². The van der Waals surface area contributed by atoms with E-state index in [0.29, 0.717) is 31.1 Å². The van der Waals surface area contributed by atoms with Crippen LogP contribution < -0.4 is 5.32 Å². The van der Waals surface area contributed by atoms with Crippen molar-refractivity contribution in [3.05, 3.63) is 65.2 Å². The number of hydrogen-bond acceptors (Lipinski definition) is 4. The van der Waals surface area contributed by atoms with Crippen molar-refractivity contribution < 1.29 is 13.2 Å². The predicted molar refractivity (Wildman–Crippen MR) is 114 cm³/mol. The van der Waals surface area contributed by atoms with Crippen molar-refractivity contribution in [1.82, 2.24) is 14.5 Å². The maximum Gasteiger partial charge on any atom is 0.243 e. The molecule has 1 atom stereocenters. The fourth-order valence-electron chi connectivity index (χ4n) is 3.48. The first-order chi connectivity index (χ1) is 13.8. The van der Waals surface area contributed by atoms with E-state index in [1.165, 1.54) is 15.4 Å². The molecule has 0 saturated carbocycles. The highest BCUT2D eigenvalue weighted by Crippen LogP contribution is 2.18. The van der Waals surface area contributed by atoms with Gasteiger partial charge in [0.25, 0.3) is 0 Å². The van der Waals surface area contributed by atoms with Crippen LogP contribution in [0.5, 0.6) is 0 Å². The van der Waals surface area contributed by atoms with Gasteiger partial charge in [-0.05, 0) is 49.6 Å². The second-order valence-electron chi connectivity index (χ2n) is 7.63. The van der Waals surface area contributed by atoms with Gasteiger partial charge < -0.3 is 5.32 Å². The summed E-state index contributed by atoms with van der Waals surface area (Å²) >= 11 is 0. The van der Waals surface area contributed by atoms with Crippen molar-refractivity contribution >= 4 is 15.9 Å². The number of nitrogens with one attached hydrogen (secondary N) is 1. The molecule has 156 valence electrons. The molecule has 7 heteroatoms. The highest BCUT2D eigenvalue weighted by atomic mass is 32.2. The third-order valence-corrected chi connectivity index (χ3v) is 7.40. The molecular weight excluding hydrogens is 386 g/mol. The molecule has 0 bridgehead atoms. The number of carbonyl (C=O) groups excluding carboxylic acids is 1. The quantitative estimate of drug-likeness (QED) is 0.787. The van der Waals surface area contributed by atoms with E-state index in [0.717, 1.165) is 5.56 Å². The van der Waals surface area contributed by atoms with Gasteiger partial charge in [-0.3, -0.25) is 9.69 Å². The molecule has 1 unspecified atom stereocenters. The van der Waals surface area contributed by atoms with E-state index in [1.807, 2.05) is 17.9 Å². The molecule has 1 heterocycles. The average Bonchev–Trinajstić information content (AvgIpc) is 2.71. The monoisotopic (exact) mass is 415 g/mol. The van der Waals surface area contributed by atoms with Gasteiger partial charge in [-0.2, -0.15) is 4.31 Å². The zero-order valence-electron chi connectivity index (χ0n) is 17.3. The van der Waals surface area contributed by atoms with Crippen LogP contribution in [0.3, 0.4) is 0 Å². The number of benzene rings is 2. The van der Waals surface area contributed by atoms with Crippen LogP contribution in [-0.4, -0.2) is 56.3 Å². The molecule has 1 saturated heterocycles. The zero-order chi connectivity index (χ0) is 21.0. The second kappa shape index (κ2) is 9.07. The first-order valence-electron chi connectivity index (χ1n) is 9.91. The van der Waals surface area contributed by atoms with Crippen molar-refractivity contribution in [1.29, 1.82) is 0 Å². The Kier molecular flexibility index (Phi) is 6.72. The number of amides is 1. The number of carbonyl (C=O) groups is 1. The van der Waals surface area contributed by atoms with Crippen LogP contribution in [-0.2, 0) is 14.8 Å². The molecule has 1 aliphatic rings. The molecule has 29 heavy (non-hydrogen) atoms.